The molecule has 1 aromatic heterocycles. The minimum atomic E-state index is -0.702. The lowest BCUT2D eigenvalue weighted by atomic mass is 10.0. The van der Waals surface area contributed by atoms with Crippen molar-refractivity contribution in [3.8, 4) is 0 Å². The van der Waals surface area contributed by atoms with E-state index in [0.29, 0.717) is 23.4 Å². The third-order valence-corrected chi connectivity index (χ3v) is 5.59. The van der Waals surface area contributed by atoms with Crippen LogP contribution in [-0.2, 0) is 17.8 Å². The van der Waals surface area contributed by atoms with Crippen molar-refractivity contribution in [3.63, 3.8) is 0 Å². The zero-order valence-corrected chi connectivity index (χ0v) is 18.3. The smallest absolute Gasteiger partial charge is 0.262 e. The first kappa shape index (κ1) is 22.2. The molecule has 0 aliphatic carbocycles. The minimum absolute atomic E-state index is 0.0743. The van der Waals surface area contributed by atoms with Crippen molar-refractivity contribution in [3.05, 3.63) is 93.7 Å². The molecular weight excluding hydrogens is 410 g/mol. The summed E-state index contributed by atoms with van der Waals surface area (Å²) in [6.45, 7) is 0.301. The number of benzene rings is 2. The average molecular weight is 436 g/mol. The first-order valence-corrected chi connectivity index (χ1v) is 10.8. The molecule has 3 rings (SSSR count). The fraction of sp³-hybridized carbons (Fsp3) is 0.208. The van der Waals surface area contributed by atoms with Crippen LogP contribution in [0.3, 0.4) is 0 Å². The van der Waals surface area contributed by atoms with E-state index in [-0.39, 0.29) is 17.7 Å². The van der Waals surface area contributed by atoms with Crippen LogP contribution >= 0.6 is 11.3 Å². The summed E-state index contributed by atoms with van der Waals surface area (Å²) in [6, 6.07) is 19.5. The molecular formula is C24H25N3O3S. The van der Waals surface area contributed by atoms with Gasteiger partial charge in [-0.2, -0.15) is 0 Å². The molecule has 3 amide bonds. The molecule has 0 fully saturated rings. The van der Waals surface area contributed by atoms with E-state index >= 15 is 0 Å². The van der Waals surface area contributed by atoms with Gasteiger partial charge < -0.3 is 15.5 Å². The van der Waals surface area contributed by atoms with Crippen molar-refractivity contribution in [1.29, 1.82) is 0 Å². The van der Waals surface area contributed by atoms with Crippen molar-refractivity contribution in [2.75, 3.05) is 14.1 Å². The van der Waals surface area contributed by atoms with Gasteiger partial charge in [-0.1, -0.05) is 48.5 Å². The Kier molecular flexibility index (Phi) is 7.56. The number of nitrogens with zero attached hydrogens (tertiary/aromatic N) is 1. The second-order valence-electron chi connectivity index (χ2n) is 7.31. The number of thiophene rings is 1. The molecule has 2 N–H and O–H groups in total. The second kappa shape index (κ2) is 10.5. The molecule has 7 heteroatoms. The SMILES string of the molecule is CN(C)C(=O)c1ccc(CNC(=O)C(Cc2ccccc2)NC(=O)c2cccs2)cc1. The molecule has 160 valence electrons. The molecule has 1 atom stereocenters. The zero-order chi connectivity index (χ0) is 22.2. The monoisotopic (exact) mass is 435 g/mol. The lowest BCUT2D eigenvalue weighted by Crippen LogP contribution is -2.47. The van der Waals surface area contributed by atoms with E-state index in [9.17, 15) is 14.4 Å². The van der Waals surface area contributed by atoms with Crippen LogP contribution < -0.4 is 10.6 Å². The fourth-order valence-electron chi connectivity index (χ4n) is 3.03. The lowest BCUT2D eigenvalue weighted by Gasteiger charge is -2.18. The number of hydrogen-bond donors (Lipinski definition) is 2. The van der Waals surface area contributed by atoms with E-state index in [2.05, 4.69) is 10.6 Å². The van der Waals surface area contributed by atoms with Crippen LogP contribution in [0.25, 0.3) is 0 Å². The highest BCUT2D eigenvalue weighted by molar-refractivity contribution is 7.12. The normalized spacial score (nSPS) is 11.4. The quantitative estimate of drug-likeness (QED) is 0.571. The highest BCUT2D eigenvalue weighted by Crippen LogP contribution is 2.11. The van der Waals surface area contributed by atoms with Gasteiger partial charge in [-0.25, -0.2) is 0 Å². The molecule has 1 heterocycles. The van der Waals surface area contributed by atoms with Gasteiger partial charge in [-0.15, -0.1) is 11.3 Å². The number of rotatable bonds is 8. The standard InChI is InChI=1S/C24H25N3O3S/c1-27(2)24(30)19-12-10-18(11-13-19)16-25-22(28)20(15-17-7-4-3-5-8-17)26-23(29)21-9-6-14-31-21/h3-14,20H,15-16H2,1-2H3,(H,25,28)(H,26,29). The van der Waals surface area contributed by atoms with Crippen molar-refractivity contribution in [1.82, 2.24) is 15.5 Å². The van der Waals surface area contributed by atoms with Gasteiger partial charge in [0, 0.05) is 32.6 Å². The summed E-state index contributed by atoms with van der Waals surface area (Å²) in [5.41, 5.74) is 2.41. The summed E-state index contributed by atoms with van der Waals surface area (Å²) in [5.74, 6) is -0.602. The Bertz CT molecular complexity index is 1020. The topological polar surface area (TPSA) is 78.5 Å². The Morgan fingerprint density at radius 3 is 2.23 bits per heavy atom. The first-order chi connectivity index (χ1) is 14.9. The number of amides is 3. The highest BCUT2D eigenvalue weighted by atomic mass is 32.1. The van der Waals surface area contributed by atoms with Gasteiger partial charge in [0.25, 0.3) is 11.8 Å². The second-order valence-corrected chi connectivity index (χ2v) is 8.26. The fourth-order valence-corrected chi connectivity index (χ4v) is 3.66. The van der Waals surface area contributed by atoms with Gasteiger partial charge in [0.2, 0.25) is 5.91 Å². The van der Waals surface area contributed by atoms with Gasteiger partial charge in [-0.3, -0.25) is 14.4 Å². The van der Waals surface area contributed by atoms with Crippen LogP contribution in [0.2, 0.25) is 0 Å². The van der Waals surface area contributed by atoms with E-state index in [1.807, 2.05) is 47.8 Å². The highest BCUT2D eigenvalue weighted by Gasteiger charge is 2.22. The molecule has 2 aromatic carbocycles. The van der Waals surface area contributed by atoms with E-state index in [0.717, 1.165) is 11.1 Å². The summed E-state index contributed by atoms with van der Waals surface area (Å²) >= 11 is 1.33. The number of carbonyl (C=O) groups excluding carboxylic acids is 3. The lowest BCUT2D eigenvalue weighted by molar-refractivity contribution is -0.123. The Hall–Kier alpha value is -3.45. The van der Waals surface area contributed by atoms with E-state index < -0.39 is 6.04 Å². The van der Waals surface area contributed by atoms with Gasteiger partial charge >= 0.3 is 0 Å². The third kappa shape index (κ3) is 6.26. The number of carbonyl (C=O) groups is 3. The summed E-state index contributed by atoms with van der Waals surface area (Å²) < 4.78 is 0. The maximum absolute atomic E-state index is 12.9. The summed E-state index contributed by atoms with van der Waals surface area (Å²) in [5, 5.41) is 7.57. The predicted molar refractivity (Wildman–Crippen MR) is 122 cm³/mol. The van der Waals surface area contributed by atoms with Crippen LogP contribution in [0.1, 0.15) is 31.2 Å². The largest absolute Gasteiger partial charge is 0.350 e. The average Bonchev–Trinajstić information content (AvgIpc) is 3.32. The Morgan fingerprint density at radius 2 is 1.61 bits per heavy atom. The molecule has 0 saturated heterocycles. The molecule has 0 aliphatic heterocycles. The molecule has 0 radical (unpaired) electrons. The summed E-state index contributed by atoms with van der Waals surface area (Å²) in [7, 11) is 3.40. The van der Waals surface area contributed by atoms with E-state index in [1.54, 1.807) is 38.4 Å². The predicted octanol–water partition coefficient (Wildman–Crippen LogP) is 3.11. The molecule has 6 nitrogen and oxygen atoms in total. The van der Waals surface area contributed by atoms with Crippen LogP contribution in [0.5, 0.6) is 0 Å². The molecule has 0 aliphatic rings. The van der Waals surface area contributed by atoms with Crippen molar-refractivity contribution in [2.24, 2.45) is 0 Å². The molecule has 0 bridgehead atoms. The van der Waals surface area contributed by atoms with Crippen LogP contribution in [-0.4, -0.2) is 42.8 Å². The van der Waals surface area contributed by atoms with Crippen LogP contribution in [0, 0.1) is 0 Å². The summed E-state index contributed by atoms with van der Waals surface area (Å²) in [6.07, 6.45) is 0.389. The van der Waals surface area contributed by atoms with Gasteiger partial charge in [0.1, 0.15) is 6.04 Å². The molecule has 3 aromatic rings. The molecule has 31 heavy (non-hydrogen) atoms. The minimum Gasteiger partial charge on any atom is -0.350 e. The Labute approximate surface area is 185 Å². The van der Waals surface area contributed by atoms with Crippen molar-refractivity contribution in [2.45, 2.75) is 19.0 Å². The van der Waals surface area contributed by atoms with Crippen molar-refractivity contribution >= 4 is 29.1 Å². The van der Waals surface area contributed by atoms with Gasteiger partial charge in [-0.05, 0) is 34.7 Å². The van der Waals surface area contributed by atoms with Crippen LogP contribution in [0.4, 0.5) is 0 Å². The van der Waals surface area contributed by atoms with Gasteiger partial charge in [0.05, 0.1) is 4.88 Å². The zero-order valence-electron chi connectivity index (χ0n) is 17.5. The molecule has 0 spiro atoms. The van der Waals surface area contributed by atoms with Crippen LogP contribution in [0.15, 0.2) is 72.1 Å². The van der Waals surface area contributed by atoms with Gasteiger partial charge in [0.15, 0.2) is 0 Å². The van der Waals surface area contributed by atoms with Crippen molar-refractivity contribution < 1.29 is 14.4 Å². The number of hydrogen-bond acceptors (Lipinski definition) is 4. The number of nitrogens with one attached hydrogen (secondary N) is 2. The van der Waals surface area contributed by atoms with E-state index in [1.165, 1.54) is 16.2 Å². The third-order valence-electron chi connectivity index (χ3n) is 4.72. The maximum atomic E-state index is 12.9. The molecule has 1 unspecified atom stereocenters. The Balaban J connectivity index is 1.66. The first-order valence-electron chi connectivity index (χ1n) is 9.90. The Morgan fingerprint density at radius 1 is 0.903 bits per heavy atom. The van der Waals surface area contributed by atoms with E-state index in [4.69, 9.17) is 0 Å². The maximum Gasteiger partial charge on any atom is 0.262 e. The molecule has 0 saturated carbocycles. The summed E-state index contributed by atoms with van der Waals surface area (Å²) in [4.78, 5) is 39.5.